The Morgan fingerprint density at radius 3 is 2.26 bits per heavy atom. The number of likely N-dealkylation sites (N-methyl/N-ethyl adjacent to an activating group) is 1. The van der Waals surface area contributed by atoms with E-state index in [2.05, 4.69) is 49.2 Å². The summed E-state index contributed by atoms with van der Waals surface area (Å²) in [7, 11) is 2.25. The minimum atomic E-state index is -0.636. The number of ether oxygens (including phenoxy) is 1. The first kappa shape index (κ1) is 29.8. The number of phenols is 1. The number of hydrogen-bond acceptors (Lipinski definition) is 4. The van der Waals surface area contributed by atoms with Gasteiger partial charge in [0, 0.05) is 22.9 Å². The van der Waals surface area contributed by atoms with Crippen LogP contribution in [0.15, 0.2) is 42.5 Å². The fourth-order valence-electron chi connectivity index (χ4n) is 8.89. The maximum absolute atomic E-state index is 11.3. The lowest BCUT2D eigenvalue weighted by atomic mass is 9.53. The Hall–Kier alpha value is -2.30. The van der Waals surface area contributed by atoms with Crippen molar-refractivity contribution in [1.82, 2.24) is 4.90 Å². The van der Waals surface area contributed by atoms with Gasteiger partial charge in [-0.05, 0) is 74.0 Å². The third kappa shape index (κ3) is 5.54. The van der Waals surface area contributed by atoms with E-state index in [0.29, 0.717) is 17.7 Å². The second-order valence-electron chi connectivity index (χ2n) is 13.8. The van der Waals surface area contributed by atoms with E-state index in [9.17, 15) is 10.2 Å². The number of aliphatic hydroxyl groups is 1. The van der Waals surface area contributed by atoms with Crippen molar-refractivity contribution < 1.29 is 14.9 Å². The highest BCUT2D eigenvalue weighted by molar-refractivity contribution is 5.64. The standard InChI is InChI=1S/C38H53NO3/c1-3-4-5-6-7-8-9-10-11-12-13-14-17-27-18-15-16-19-28(27)24-29-25-34(41)36-35-30(29)26-32-31-20-21-33(40)37(42-36)38(31,35)22-23-39(32)2/h15-16,18-21,25,31-33,37,40-41H,3-14,17,22-24,26H2,1-2H3/t31-,32+,33-,37-,38-/m0/s1. The maximum Gasteiger partial charge on any atom is 0.165 e. The smallest absolute Gasteiger partial charge is 0.165 e. The van der Waals surface area contributed by atoms with E-state index in [0.717, 1.165) is 32.2 Å². The lowest BCUT2D eigenvalue weighted by Gasteiger charge is -2.56. The predicted molar refractivity (Wildman–Crippen MR) is 172 cm³/mol. The number of rotatable bonds is 15. The Kier molecular flexibility index (Phi) is 9.31. The Balaban J connectivity index is 1.11. The zero-order chi connectivity index (χ0) is 29.1. The molecule has 0 amide bonds. The number of hydrogen-bond donors (Lipinski definition) is 2. The molecule has 0 radical (unpaired) electrons. The van der Waals surface area contributed by atoms with Crippen LogP contribution >= 0.6 is 0 Å². The van der Waals surface area contributed by atoms with Crippen LogP contribution in [0.25, 0.3) is 0 Å². The first-order valence-electron chi connectivity index (χ1n) is 17.2. The molecule has 2 heterocycles. The van der Waals surface area contributed by atoms with Gasteiger partial charge >= 0.3 is 0 Å². The molecule has 2 aliphatic heterocycles. The molecule has 6 rings (SSSR count). The van der Waals surface area contributed by atoms with E-state index in [1.165, 1.54) is 105 Å². The lowest BCUT2D eigenvalue weighted by molar-refractivity contribution is -0.0454. The molecule has 1 spiro atoms. The monoisotopic (exact) mass is 571 g/mol. The molecule has 2 aromatic rings. The molecule has 0 unspecified atom stereocenters. The number of likely N-dealkylation sites (tertiary alicyclic amines) is 1. The Labute approximate surface area is 254 Å². The predicted octanol–water partition coefficient (Wildman–Crippen LogP) is 8.03. The van der Waals surface area contributed by atoms with E-state index in [1.54, 1.807) is 0 Å². The lowest BCUT2D eigenvalue weighted by Crippen LogP contribution is -2.64. The Bertz CT molecular complexity index is 1250. The summed E-state index contributed by atoms with van der Waals surface area (Å²) in [5.41, 5.74) is 6.40. The largest absolute Gasteiger partial charge is 0.504 e. The van der Waals surface area contributed by atoms with Crippen LogP contribution in [-0.2, 0) is 24.7 Å². The molecule has 1 fully saturated rings. The molecule has 4 aliphatic rings. The number of nitrogens with zero attached hydrogens (tertiary/aromatic N) is 1. The molecule has 5 atom stereocenters. The molecule has 4 nitrogen and oxygen atoms in total. The highest BCUT2D eigenvalue weighted by atomic mass is 16.5. The van der Waals surface area contributed by atoms with Crippen LogP contribution in [0.3, 0.4) is 0 Å². The number of aromatic hydroxyl groups is 1. The van der Waals surface area contributed by atoms with Crippen LogP contribution in [-0.4, -0.2) is 47.0 Å². The van der Waals surface area contributed by atoms with Crippen LogP contribution < -0.4 is 4.74 Å². The van der Waals surface area contributed by atoms with Crippen molar-refractivity contribution >= 4 is 0 Å². The summed E-state index contributed by atoms with van der Waals surface area (Å²) >= 11 is 0. The molecule has 228 valence electrons. The van der Waals surface area contributed by atoms with Crippen LogP contribution in [0.2, 0.25) is 0 Å². The van der Waals surface area contributed by atoms with E-state index < -0.39 is 6.10 Å². The summed E-state index contributed by atoms with van der Waals surface area (Å²) in [5.74, 6) is 1.19. The topological polar surface area (TPSA) is 52.9 Å². The summed E-state index contributed by atoms with van der Waals surface area (Å²) in [6.07, 6.45) is 23.6. The van der Waals surface area contributed by atoms with Crippen molar-refractivity contribution in [1.29, 1.82) is 0 Å². The van der Waals surface area contributed by atoms with Gasteiger partial charge in [0.2, 0.25) is 0 Å². The maximum atomic E-state index is 11.3. The summed E-state index contributed by atoms with van der Waals surface area (Å²) in [4.78, 5) is 2.51. The van der Waals surface area contributed by atoms with Crippen LogP contribution in [0.5, 0.6) is 11.5 Å². The third-order valence-corrected chi connectivity index (χ3v) is 11.2. The zero-order valence-corrected chi connectivity index (χ0v) is 26.1. The van der Waals surface area contributed by atoms with Crippen LogP contribution in [0, 0.1) is 5.92 Å². The van der Waals surface area contributed by atoms with Crippen LogP contribution in [0.1, 0.15) is 118 Å². The molecular weight excluding hydrogens is 518 g/mol. The fraction of sp³-hybridized carbons (Fsp3) is 0.632. The molecular formula is C38H53NO3. The van der Waals surface area contributed by atoms with Crippen molar-refractivity contribution in [2.45, 2.75) is 133 Å². The van der Waals surface area contributed by atoms with Crippen molar-refractivity contribution in [2.75, 3.05) is 13.6 Å². The van der Waals surface area contributed by atoms with E-state index in [1.807, 2.05) is 12.1 Å². The number of benzene rings is 2. The number of aryl methyl sites for hydroxylation is 1. The van der Waals surface area contributed by atoms with Gasteiger partial charge in [0.1, 0.15) is 12.2 Å². The number of phenolic OH excluding ortho intramolecular Hbond substituents is 1. The second-order valence-corrected chi connectivity index (χ2v) is 13.8. The van der Waals surface area contributed by atoms with Gasteiger partial charge in [-0.25, -0.2) is 0 Å². The molecule has 0 saturated carbocycles. The molecule has 2 bridgehead atoms. The second kappa shape index (κ2) is 13.1. The molecule has 2 aromatic carbocycles. The van der Waals surface area contributed by atoms with E-state index in [-0.39, 0.29) is 17.3 Å². The summed E-state index contributed by atoms with van der Waals surface area (Å²) in [6.45, 7) is 3.28. The normalized spacial score (nSPS) is 27.2. The van der Waals surface area contributed by atoms with Crippen molar-refractivity contribution in [3.05, 3.63) is 70.3 Å². The Morgan fingerprint density at radius 2 is 1.55 bits per heavy atom. The van der Waals surface area contributed by atoms with Gasteiger partial charge in [-0.3, -0.25) is 0 Å². The van der Waals surface area contributed by atoms with Crippen molar-refractivity contribution in [2.24, 2.45) is 5.92 Å². The van der Waals surface area contributed by atoms with E-state index in [4.69, 9.17) is 4.74 Å². The summed E-state index contributed by atoms with van der Waals surface area (Å²) < 4.78 is 6.44. The van der Waals surface area contributed by atoms with Gasteiger partial charge in [0.25, 0.3) is 0 Å². The van der Waals surface area contributed by atoms with Gasteiger partial charge in [0.15, 0.2) is 11.5 Å². The highest BCUT2D eigenvalue weighted by Gasteiger charge is 2.64. The van der Waals surface area contributed by atoms with Gasteiger partial charge in [-0.15, -0.1) is 0 Å². The van der Waals surface area contributed by atoms with Crippen molar-refractivity contribution in [3.63, 3.8) is 0 Å². The van der Waals surface area contributed by atoms with Gasteiger partial charge in [0.05, 0.1) is 0 Å². The minimum Gasteiger partial charge on any atom is -0.504 e. The quantitative estimate of drug-likeness (QED) is 0.168. The number of unbranched alkanes of at least 4 members (excludes halogenated alkanes) is 11. The highest BCUT2D eigenvalue weighted by Crippen LogP contribution is 2.63. The van der Waals surface area contributed by atoms with Gasteiger partial charge in [-0.1, -0.05) is 114 Å². The average Bonchev–Trinajstić information content (AvgIpc) is 3.35. The average molecular weight is 572 g/mol. The summed E-state index contributed by atoms with van der Waals surface area (Å²) in [5, 5.41) is 22.3. The number of piperidine rings is 1. The van der Waals surface area contributed by atoms with Crippen LogP contribution in [0.4, 0.5) is 0 Å². The fourth-order valence-corrected chi connectivity index (χ4v) is 8.89. The zero-order valence-electron chi connectivity index (χ0n) is 26.1. The number of aliphatic hydroxyl groups excluding tert-OH is 1. The van der Waals surface area contributed by atoms with Gasteiger partial charge < -0.3 is 19.8 Å². The Morgan fingerprint density at radius 1 is 0.881 bits per heavy atom. The summed E-state index contributed by atoms with van der Waals surface area (Å²) in [6, 6.07) is 11.3. The minimum absolute atomic E-state index is 0.240. The van der Waals surface area contributed by atoms with E-state index >= 15 is 0 Å². The first-order valence-corrected chi connectivity index (χ1v) is 17.2. The molecule has 4 heteroatoms. The molecule has 1 saturated heterocycles. The molecule has 0 aromatic heterocycles. The van der Waals surface area contributed by atoms with Gasteiger partial charge in [-0.2, -0.15) is 0 Å². The molecule has 2 N–H and O–H groups in total. The first-order chi connectivity index (χ1) is 20.5. The molecule has 42 heavy (non-hydrogen) atoms. The van der Waals surface area contributed by atoms with Crippen molar-refractivity contribution in [3.8, 4) is 11.5 Å². The molecule has 2 aliphatic carbocycles. The SMILES string of the molecule is CCCCCCCCCCCCCCc1ccccc1Cc1cc(O)c2c3c1C[C@@H]1[C@@H]4C=C[C@H](O)[C@H](O2)[C@]34CCN1C. The third-order valence-electron chi connectivity index (χ3n) is 11.2.